The molecule has 0 amide bonds. The molecular formula is C10H17FN2O3S. The number of thioether (sulfide) groups is 1. The van der Waals surface area contributed by atoms with Gasteiger partial charge in [0.05, 0.1) is 12.8 Å². The van der Waals surface area contributed by atoms with E-state index in [1.807, 2.05) is 19.0 Å². The van der Waals surface area contributed by atoms with Crippen molar-refractivity contribution in [1.82, 2.24) is 4.90 Å². The average Bonchev–Trinajstić information content (AvgIpc) is 2.70. The summed E-state index contributed by atoms with van der Waals surface area (Å²) in [7, 11) is 3.70. The van der Waals surface area contributed by atoms with Gasteiger partial charge in [0.2, 0.25) is 0 Å². The largest absolute Gasteiger partial charge is 0.388 e. The van der Waals surface area contributed by atoms with Gasteiger partial charge in [-0.15, -0.1) is 0 Å². The minimum absolute atomic E-state index is 0.0965. The Hall–Kier alpha value is -0.370. The standard InChI is InChI=1S/C10H17FN2O3S/c1-13(2)10-12-6-8(15)7(14)5(3-4-11)16-9(6)17-10/h5-9,14-15H,3-4H2,1-2H3. The van der Waals surface area contributed by atoms with Gasteiger partial charge < -0.3 is 19.8 Å². The van der Waals surface area contributed by atoms with Crippen molar-refractivity contribution in [3.8, 4) is 0 Å². The molecule has 0 saturated carbocycles. The lowest BCUT2D eigenvalue weighted by molar-refractivity contribution is -0.155. The first-order chi connectivity index (χ1) is 8.04. The van der Waals surface area contributed by atoms with Crippen LogP contribution >= 0.6 is 11.8 Å². The monoisotopic (exact) mass is 264 g/mol. The number of halogens is 1. The summed E-state index contributed by atoms with van der Waals surface area (Å²) in [6, 6.07) is -0.469. The van der Waals surface area contributed by atoms with Gasteiger partial charge in [-0.25, -0.2) is 0 Å². The fourth-order valence-electron chi connectivity index (χ4n) is 1.98. The van der Waals surface area contributed by atoms with Gasteiger partial charge >= 0.3 is 0 Å². The Labute approximate surface area is 104 Å². The van der Waals surface area contributed by atoms with Gasteiger partial charge in [0.1, 0.15) is 23.7 Å². The van der Waals surface area contributed by atoms with E-state index in [1.165, 1.54) is 11.8 Å². The lowest BCUT2D eigenvalue weighted by Crippen LogP contribution is -2.54. The van der Waals surface area contributed by atoms with Gasteiger partial charge in [0.25, 0.3) is 0 Å². The van der Waals surface area contributed by atoms with Crippen molar-refractivity contribution in [3.63, 3.8) is 0 Å². The maximum atomic E-state index is 12.3. The highest BCUT2D eigenvalue weighted by molar-refractivity contribution is 8.14. The first kappa shape index (κ1) is 13.1. The Morgan fingerprint density at radius 3 is 2.71 bits per heavy atom. The van der Waals surface area contributed by atoms with Crippen LogP contribution in [-0.4, -0.2) is 70.8 Å². The number of hydrogen-bond donors (Lipinski definition) is 2. The fourth-order valence-corrected chi connectivity index (χ4v) is 3.14. The van der Waals surface area contributed by atoms with Crippen molar-refractivity contribution < 1.29 is 19.3 Å². The Morgan fingerprint density at radius 1 is 1.41 bits per heavy atom. The van der Waals surface area contributed by atoms with Crippen LogP contribution in [0.15, 0.2) is 4.99 Å². The summed E-state index contributed by atoms with van der Waals surface area (Å²) < 4.78 is 17.9. The second kappa shape index (κ2) is 5.09. The molecule has 7 heteroatoms. The summed E-state index contributed by atoms with van der Waals surface area (Å²) >= 11 is 1.40. The number of aliphatic hydroxyl groups is 2. The zero-order valence-electron chi connectivity index (χ0n) is 9.78. The highest BCUT2D eigenvalue weighted by atomic mass is 32.2. The number of nitrogens with zero attached hydrogens (tertiary/aromatic N) is 2. The molecule has 2 heterocycles. The second-order valence-electron chi connectivity index (χ2n) is 4.42. The topological polar surface area (TPSA) is 65.3 Å². The number of aliphatic hydroxyl groups excluding tert-OH is 2. The molecule has 0 aromatic carbocycles. The van der Waals surface area contributed by atoms with E-state index in [9.17, 15) is 14.6 Å². The first-order valence-electron chi connectivity index (χ1n) is 5.54. The smallest absolute Gasteiger partial charge is 0.161 e. The predicted octanol–water partition coefficient (Wildman–Crippen LogP) is -0.174. The summed E-state index contributed by atoms with van der Waals surface area (Å²) in [6.07, 6.45) is -2.62. The molecule has 0 aromatic heterocycles. The molecule has 2 rings (SSSR count). The third kappa shape index (κ3) is 2.42. The van der Waals surface area contributed by atoms with E-state index < -0.39 is 31.0 Å². The van der Waals surface area contributed by atoms with Crippen LogP contribution in [0.2, 0.25) is 0 Å². The highest BCUT2D eigenvalue weighted by Crippen LogP contribution is 2.37. The zero-order valence-corrected chi connectivity index (χ0v) is 10.6. The summed E-state index contributed by atoms with van der Waals surface area (Å²) in [5.74, 6) is 0. The van der Waals surface area contributed by atoms with Crippen LogP contribution in [0.4, 0.5) is 4.39 Å². The van der Waals surface area contributed by atoms with Crippen LogP contribution in [0.1, 0.15) is 6.42 Å². The molecular weight excluding hydrogens is 247 g/mol. The third-order valence-electron chi connectivity index (χ3n) is 2.93. The molecule has 2 N–H and O–H groups in total. The molecule has 5 atom stereocenters. The molecule has 0 radical (unpaired) electrons. The molecule has 5 nitrogen and oxygen atoms in total. The van der Waals surface area contributed by atoms with E-state index >= 15 is 0 Å². The van der Waals surface area contributed by atoms with Gasteiger partial charge in [0, 0.05) is 20.5 Å². The van der Waals surface area contributed by atoms with Crippen molar-refractivity contribution in [1.29, 1.82) is 0 Å². The highest BCUT2D eigenvalue weighted by Gasteiger charge is 2.48. The fraction of sp³-hybridized carbons (Fsp3) is 0.900. The van der Waals surface area contributed by atoms with Gasteiger partial charge in [-0.05, 0) is 0 Å². The van der Waals surface area contributed by atoms with Crippen LogP contribution in [0.3, 0.4) is 0 Å². The molecule has 0 spiro atoms. The average molecular weight is 264 g/mol. The second-order valence-corrected chi connectivity index (χ2v) is 5.48. The lowest BCUT2D eigenvalue weighted by Gasteiger charge is -2.37. The van der Waals surface area contributed by atoms with Crippen LogP contribution in [0.25, 0.3) is 0 Å². The maximum absolute atomic E-state index is 12.3. The molecule has 98 valence electrons. The van der Waals surface area contributed by atoms with Crippen LogP contribution < -0.4 is 0 Å². The summed E-state index contributed by atoms with van der Waals surface area (Å²) in [5.41, 5.74) is -0.331. The molecule has 1 saturated heterocycles. The van der Waals surface area contributed by atoms with E-state index in [2.05, 4.69) is 4.99 Å². The van der Waals surface area contributed by atoms with Crippen molar-refractivity contribution in [3.05, 3.63) is 0 Å². The molecule has 1 fully saturated rings. The zero-order chi connectivity index (χ0) is 12.6. The van der Waals surface area contributed by atoms with E-state index in [0.29, 0.717) is 0 Å². The molecule has 5 unspecified atom stereocenters. The van der Waals surface area contributed by atoms with E-state index in [1.54, 1.807) is 0 Å². The number of rotatable bonds is 2. The number of amidine groups is 1. The molecule has 17 heavy (non-hydrogen) atoms. The number of alkyl halides is 1. The van der Waals surface area contributed by atoms with Crippen LogP contribution in [0.5, 0.6) is 0 Å². The summed E-state index contributed by atoms with van der Waals surface area (Å²) in [5, 5.41) is 20.5. The molecule has 0 bridgehead atoms. The number of ether oxygens (including phenoxy) is 1. The number of fused-ring (bicyclic) bond motifs is 1. The number of hydrogen-bond acceptors (Lipinski definition) is 6. The Balaban J connectivity index is 2.10. The SMILES string of the molecule is CN(C)C1=NC2C(OC(CCF)C(O)C2O)S1. The Morgan fingerprint density at radius 2 is 2.12 bits per heavy atom. The first-order valence-corrected chi connectivity index (χ1v) is 6.42. The maximum Gasteiger partial charge on any atom is 0.161 e. The van der Waals surface area contributed by atoms with Gasteiger partial charge in [0.15, 0.2) is 5.17 Å². The van der Waals surface area contributed by atoms with Gasteiger partial charge in [-0.3, -0.25) is 9.38 Å². The van der Waals surface area contributed by atoms with Crippen LogP contribution in [-0.2, 0) is 4.74 Å². The Bertz CT molecular complexity index is 316. The Kier molecular flexibility index (Phi) is 3.92. The quantitative estimate of drug-likeness (QED) is 0.725. The van der Waals surface area contributed by atoms with Crippen molar-refractivity contribution in [2.75, 3.05) is 20.8 Å². The van der Waals surface area contributed by atoms with Crippen molar-refractivity contribution >= 4 is 16.9 Å². The third-order valence-corrected chi connectivity index (χ3v) is 4.23. The van der Waals surface area contributed by atoms with Gasteiger partial charge in [-0.2, -0.15) is 0 Å². The minimum atomic E-state index is -1.07. The molecule has 2 aliphatic rings. The minimum Gasteiger partial charge on any atom is -0.388 e. The predicted molar refractivity (Wildman–Crippen MR) is 63.8 cm³/mol. The lowest BCUT2D eigenvalue weighted by atomic mass is 9.97. The molecule has 0 aliphatic carbocycles. The summed E-state index contributed by atoms with van der Waals surface area (Å²) in [4.78, 5) is 6.14. The van der Waals surface area contributed by atoms with E-state index in [4.69, 9.17) is 4.74 Å². The van der Waals surface area contributed by atoms with Gasteiger partial charge in [-0.1, -0.05) is 11.8 Å². The summed E-state index contributed by atoms with van der Waals surface area (Å²) in [6.45, 7) is -0.572. The van der Waals surface area contributed by atoms with Crippen LogP contribution in [0, 0.1) is 0 Å². The molecule has 2 aliphatic heterocycles. The normalized spacial score (nSPS) is 41.0. The molecule has 0 aromatic rings. The van der Waals surface area contributed by atoms with Crippen molar-refractivity contribution in [2.24, 2.45) is 4.99 Å². The number of aliphatic imine (C=N–C) groups is 1. The van der Waals surface area contributed by atoms with E-state index in [-0.39, 0.29) is 11.9 Å². The van der Waals surface area contributed by atoms with E-state index in [0.717, 1.165) is 5.17 Å². The van der Waals surface area contributed by atoms with Crippen molar-refractivity contribution in [2.45, 2.75) is 36.2 Å².